The number of carbonyl (C=O) groups excluding carboxylic acids is 2. The Kier molecular flexibility index (Phi) is 5.09. The van der Waals surface area contributed by atoms with Crippen LogP contribution in [0.25, 0.3) is 11.1 Å². The van der Waals surface area contributed by atoms with E-state index in [1.165, 1.54) is 7.11 Å². The van der Waals surface area contributed by atoms with Crippen LogP contribution in [-0.4, -0.2) is 25.2 Å². The fourth-order valence-electron chi connectivity index (χ4n) is 1.98. The van der Waals surface area contributed by atoms with Crippen LogP contribution in [-0.2, 0) is 9.63 Å². The Morgan fingerprint density at radius 3 is 2.57 bits per heavy atom. The minimum atomic E-state index is -0.834. The molecule has 0 saturated heterocycles. The summed E-state index contributed by atoms with van der Waals surface area (Å²) in [5.41, 5.74) is 8.24. The number of primary amides is 1. The molecule has 6 nitrogen and oxygen atoms in total. The van der Waals surface area contributed by atoms with E-state index < -0.39 is 5.91 Å². The fraction of sp³-hybridized carbons (Fsp3) is 0.118. The molecule has 0 aliphatic heterocycles. The number of oxime groups is 1. The summed E-state index contributed by atoms with van der Waals surface area (Å²) >= 11 is 0. The van der Waals surface area contributed by atoms with E-state index >= 15 is 0 Å². The van der Waals surface area contributed by atoms with Gasteiger partial charge in [-0.05, 0) is 40.9 Å². The number of aryl methyl sites for hydroxylation is 1. The van der Waals surface area contributed by atoms with Gasteiger partial charge in [0.05, 0.1) is 0 Å². The van der Waals surface area contributed by atoms with E-state index in [1.54, 1.807) is 24.3 Å². The number of hydrogen-bond acceptors (Lipinski definition) is 5. The lowest BCUT2D eigenvalue weighted by Crippen LogP contribution is -2.28. The van der Waals surface area contributed by atoms with E-state index in [0.29, 0.717) is 11.3 Å². The minimum absolute atomic E-state index is 0.339. The van der Waals surface area contributed by atoms with Gasteiger partial charge in [0.25, 0.3) is 0 Å². The van der Waals surface area contributed by atoms with Crippen LogP contribution in [0.15, 0.2) is 47.6 Å². The molecule has 2 aromatic carbocycles. The van der Waals surface area contributed by atoms with Crippen molar-refractivity contribution in [2.75, 3.05) is 7.11 Å². The van der Waals surface area contributed by atoms with E-state index in [4.69, 9.17) is 10.5 Å². The molecular formula is C17H16N2O4. The van der Waals surface area contributed by atoms with Gasteiger partial charge in [-0.15, -0.1) is 0 Å². The van der Waals surface area contributed by atoms with Crippen LogP contribution in [0.4, 0.5) is 0 Å². The topological polar surface area (TPSA) is 91.0 Å². The highest BCUT2D eigenvalue weighted by Crippen LogP contribution is 2.27. The molecule has 0 aliphatic carbocycles. The number of carbonyl (C=O) groups is 2. The van der Waals surface area contributed by atoms with E-state index in [-0.39, 0.29) is 5.90 Å². The molecule has 2 rings (SSSR count). The Bertz CT molecular complexity index is 769. The van der Waals surface area contributed by atoms with E-state index in [2.05, 4.69) is 9.99 Å². The van der Waals surface area contributed by atoms with Crippen LogP contribution in [0, 0.1) is 6.92 Å². The molecule has 0 heterocycles. The summed E-state index contributed by atoms with van der Waals surface area (Å²) in [6, 6.07) is 12.6. The summed E-state index contributed by atoms with van der Waals surface area (Å²) in [6.45, 7) is 1.83. The van der Waals surface area contributed by atoms with Gasteiger partial charge in [0.2, 0.25) is 0 Å². The number of nitrogens with two attached hydrogens (primary N) is 1. The number of ether oxygens (including phenoxy) is 1. The summed E-state index contributed by atoms with van der Waals surface area (Å²) in [5, 5.41) is 3.46. The molecule has 0 aromatic heterocycles. The largest absolute Gasteiger partial charge is 0.432 e. The number of aldehydes is 1. The fourth-order valence-corrected chi connectivity index (χ4v) is 1.98. The molecular weight excluding hydrogens is 296 g/mol. The highest BCUT2D eigenvalue weighted by molar-refractivity contribution is 6.35. The predicted octanol–water partition coefficient (Wildman–Crippen LogP) is 2.30. The molecule has 0 radical (unpaired) electrons. The zero-order valence-corrected chi connectivity index (χ0v) is 12.8. The van der Waals surface area contributed by atoms with Crippen LogP contribution < -0.4 is 10.5 Å². The van der Waals surface area contributed by atoms with Gasteiger partial charge >= 0.3 is 11.8 Å². The lowest BCUT2D eigenvalue weighted by molar-refractivity contribution is -0.113. The quantitative estimate of drug-likeness (QED) is 0.406. The Labute approximate surface area is 133 Å². The van der Waals surface area contributed by atoms with Crippen molar-refractivity contribution in [2.45, 2.75) is 6.92 Å². The van der Waals surface area contributed by atoms with Gasteiger partial charge in [-0.1, -0.05) is 30.3 Å². The number of benzene rings is 2. The standard InChI is InChI=1S/C17H16N2O4/c1-11-6-7-14(13-5-3-4-12(8-13)10-20)9-15(11)23-17(16(18)21)19-22-2/h3-10H,1-2H3,(H2,18,21). The normalized spacial score (nSPS) is 11.0. The van der Waals surface area contributed by atoms with Crippen molar-refractivity contribution in [1.82, 2.24) is 0 Å². The molecule has 1 amide bonds. The predicted molar refractivity (Wildman–Crippen MR) is 86.3 cm³/mol. The molecule has 0 saturated carbocycles. The van der Waals surface area contributed by atoms with Crippen molar-refractivity contribution >= 4 is 18.1 Å². The van der Waals surface area contributed by atoms with E-state index in [9.17, 15) is 9.59 Å². The van der Waals surface area contributed by atoms with Gasteiger partial charge in [-0.3, -0.25) is 9.59 Å². The Hall–Kier alpha value is -3.15. The lowest BCUT2D eigenvalue weighted by atomic mass is 10.0. The number of hydrogen-bond donors (Lipinski definition) is 1. The average molecular weight is 312 g/mol. The molecule has 0 aliphatic rings. The first-order valence-corrected chi connectivity index (χ1v) is 6.80. The molecule has 0 unspecified atom stereocenters. The van der Waals surface area contributed by atoms with Crippen LogP contribution in [0.1, 0.15) is 15.9 Å². The third kappa shape index (κ3) is 3.94. The summed E-state index contributed by atoms with van der Waals surface area (Å²) < 4.78 is 5.45. The van der Waals surface area contributed by atoms with Crippen molar-refractivity contribution in [3.8, 4) is 16.9 Å². The van der Waals surface area contributed by atoms with Gasteiger partial charge in [-0.25, -0.2) is 0 Å². The summed E-state index contributed by atoms with van der Waals surface area (Å²) in [4.78, 5) is 26.7. The van der Waals surface area contributed by atoms with Crippen molar-refractivity contribution in [1.29, 1.82) is 0 Å². The summed E-state index contributed by atoms with van der Waals surface area (Å²) in [6.07, 6.45) is 0.783. The summed E-state index contributed by atoms with van der Waals surface area (Å²) in [5.74, 6) is -0.748. The number of rotatable bonds is 4. The lowest BCUT2D eigenvalue weighted by Gasteiger charge is -2.11. The molecule has 0 fully saturated rings. The highest BCUT2D eigenvalue weighted by Gasteiger charge is 2.13. The van der Waals surface area contributed by atoms with E-state index in [0.717, 1.165) is 23.0 Å². The molecule has 23 heavy (non-hydrogen) atoms. The Morgan fingerprint density at radius 2 is 1.91 bits per heavy atom. The second-order valence-electron chi connectivity index (χ2n) is 4.77. The first kappa shape index (κ1) is 16.2. The Balaban J connectivity index is 2.40. The maximum absolute atomic E-state index is 11.3. The monoisotopic (exact) mass is 312 g/mol. The maximum atomic E-state index is 11.3. The third-order valence-electron chi connectivity index (χ3n) is 3.14. The van der Waals surface area contributed by atoms with Crippen molar-refractivity contribution in [3.63, 3.8) is 0 Å². The van der Waals surface area contributed by atoms with Gasteiger partial charge < -0.3 is 15.3 Å². The minimum Gasteiger partial charge on any atom is -0.432 e. The summed E-state index contributed by atoms with van der Waals surface area (Å²) in [7, 11) is 1.29. The molecule has 2 N–H and O–H groups in total. The second kappa shape index (κ2) is 7.22. The van der Waals surface area contributed by atoms with Gasteiger partial charge in [0.1, 0.15) is 19.1 Å². The van der Waals surface area contributed by atoms with Crippen LogP contribution in [0.2, 0.25) is 0 Å². The van der Waals surface area contributed by atoms with Crippen molar-refractivity contribution < 1.29 is 19.2 Å². The van der Waals surface area contributed by atoms with Crippen LogP contribution in [0.3, 0.4) is 0 Å². The molecule has 0 bridgehead atoms. The van der Waals surface area contributed by atoms with E-state index in [1.807, 2.05) is 25.1 Å². The first-order valence-electron chi connectivity index (χ1n) is 6.80. The molecule has 0 spiro atoms. The number of nitrogens with zero attached hydrogens (tertiary/aromatic N) is 1. The zero-order chi connectivity index (χ0) is 16.8. The van der Waals surface area contributed by atoms with Crippen molar-refractivity contribution in [3.05, 3.63) is 53.6 Å². The SMILES string of the molecule is CON=C(Oc1cc(-c2cccc(C=O)c2)ccc1C)C(N)=O. The van der Waals surface area contributed by atoms with Gasteiger partial charge in [0, 0.05) is 5.56 Å². The molecule has 6 heteroatoms. The smallest absolute Gasteiger partial charge is 0.321 e. The zero-order valence-electron chi connectivity index (χ0n) is 12.8. The molecule has 2 aromatic rings. The third-order valence-corrected chi connectivity index (χ3v) is 3.14. The van der Waals surface area contributed by atoms with Crippen LogP contribution >= 0.6 is 0 Å². The first-order chi connectivity index (χ1) is 11.0. The van der Waals surface area contributed by atoms with Gasteiger partial charge in [0.15, 0.2) is 0 Å². The van der Waals surface area contributed by atoms with Crippen molar-refractivity contribution in [2.24, 2.45) is 10.9 Å². The van der Waals surface area contributed by atoms with Crippen LogP contribution in [0.5, 0.6) is 5.75 Å². The Morgan fingerprint density at radius 1 is 1.17 bits per heavy atom. The highest BCUT2D eigenvalue weighted by atomic mass is 16.6. The maximum Gasteiger partial charge on any atom is 0.321 e. The number of amides is 1. The van der Waals surface area contributed by atoms with Gasteiger partial charge in [-0.2, -0.15) is 0 Å². The molecule has 118 valence electrons. The second-order valence-corrected chi connectivity index (χ2v) is 4.77. The average Bonchev–Trinajstić information content (AvgIpc) is 2.56. The molecule has 0 atom stereocenters.